The van der Waals surface area contributed by atoms with E-state index in [0.29, 0.717) is 13.0 Å². The minimum absolute atomic E-state index is 0.318. The Morgan fingerprint density at radius 2 is 1.97 bits per heavy atom. The molecule has 0 aromatic carbocycles. The van der Waals surface area contributed by atoms with E-state index in [4.69, 9.17) is 20.9 Å². The predicted octanol–water partition coefficient (Wildman–Crippen LogP) is -1.47. The van der Waals surface area contributed by atoms with Crippen LogP contribution in [0.4, 0.5) is 4.79 Å². The third kappa shape index (κ3) is 8.59. The van der Waals surface area contributed by atoms with Crippen molar-refractivity contribution in [3.8, 4) is 0 Å². The van der Waals surface area contributed by atoms with Gasteiger partial charge in [0.15, 0.2) is 18.2 Å². The Morgan fingerprint density at radius 1 is 1.28 bits per heavy atom. The highest BCUT2D eigenvalue weighted by molar-refractivity contribution is 5.85. The lowest BCUT2D eigenvalue weighted by atomic mass is 9.92. The lowest BCUT2D eigenvalue weighted by Crippen LogP contribution is -2.61. The highest BCUT2D eigenvalue weighted by Gasteiger charge is 2.46. The number of carboxylic acids is 1. The lowest BCUT2D eigenvalue weighted by Gasteiger charge is -2.39. The number of aliphatic imine (C=N–C) groups is 1. The Balaban J connectivity index is 3.18. The van der Waals surface area contributed by atoms with Crippen molar-refractivity contribution in [2.45, 2.75) is 69.9 Å². The number of nitrogens with zero attached hydrogens (tertiary/aromatic N) is 1. The van der Waals surface area contributed by atoms with Gasteiger partial charge in [0.1, 0.15) is 6.10 Å². The van der Waals surface area contributed by atoms with E-state index in [-0.39, 0.29) is 0 Å². The molecule has 0 radical (unpaired) electrons. The number of aliphatic hydroxyl groups excluding tert-OH is 2. The number of hydrogen-bond acceptors (Lipinski definition) is 8. The van der Waals surface area contributed by atoms with Crippen LogP contribution in [0.5, 0.6) is 0 Å². The molecule has 182 valence electrons. The molecule has 1 aliphatic rings. The molecule has 2 unspecified atom stereocenters. The maximum Gasteiger partial charge on any atom is 0.407 e. The number of aliphatic hydroxyl groups is 2. The zero-order valence-corrected chi connectivity index (χ0v) is 18.2. The summed E-state index contributed by atoms with van der Waals surface area (Å²) in [5.74, 6) is -2.98. The van der Waals surface area contributed by atoms with Gasteiger partial charge in [-0.05, 0) is 12.5 Å². The molecule has 0 bridgehead atoms. The normalized spacial score (nSPS) is 21.9. The molecular formula is C19H33N5O8. The first-order valence-corrected chi connectivity index (χ1v) is 10.3. The van der Waals surface area contributed by atoms with E-state index < -0.39 is 66.7 Å². The highest BCUT2D eigenvalue weighted by atomic mass is 16.6. The summed E-state index contributed by atoms with van der Waals surface area (Å²) in [7, 11) is 0. The van der Waals surface area contributed by atoms with Crippen molar-refractivity contribution in [1.29, 1.82) is 0 Å². The second-order valence-corrected chi connectivity index (χ2v) is 7.30. The summed E-state index contributed by atoms with van der Waals surface area (Å²) in [6.45, 7) is 2.73. The number of hydrogen-bond donors (Lipinski definition) is 7. The van der Waals surface area contributed by atoms with Crippen LogP contribution in [0.2, 0.25) is 0 Å². The van der Waals surface area contributed by atoms with Gasteiger partial charge in [0, 0.05) is 13.5 Å². The molecule has 0 spiro atoms. The van der Waals surface area contributed by atoms with Crippen molar-refractivity contribution in [2.24, 2.45) is 16.5 Å². The zero-order chi connectivity index (χ0) is 24.3. The molecule has 5 atom stereocenters. The quantitative estimate of drug-likeness (QED) is 0.102. The Kier molecular flexibility index (Phi) is 11.3. The summed E-state index contributed by atoms with van der Waals surface area (Å²) >= 11 is 0. The van der Waals surface area contributed by atoms with Crippen LogP contribution in [0.25, 0.3) is 0 Å². The third-order valence-corrected chi connectivity index (χ3v) is 4.62. The monoisotopic (exact) mass is 459 g/mol. The van der Waals surface area contributed by atoms with Crippen molar-refractivity contribution >= 4 is 23.9 Å². The molecule has 13 nitrogen and oxygen atoms in total. The van der Waals surface area contributed by atoms with Gasteiger partial charge in [-0.1, -0.05) is 26.2 Å². The van der Waals surface area contributed by atoms with Crippen LogP contribution in [0.3, 0.4) is 0 Å². The van der Waals surface area contributed by atoms with E-state index in [1.165, 1.54) is 6.92 Å². The number of alkyl carbamates (subject to hydrolysis) is 1. The molecule has 32 heavy (non-hydrogen) atoms. The molecule has 1 rings (SSSR count). The maximum absolute atomic E-state index is 12.3. The molecule has 0 saturated heterocycles. The van der Waals surface area contributed by atoms with E-state index in [1.807, 2.05) is 6.92 Å². The number of rotatable bonds is 12. The molecule has 0 aliphatic carbocycles. The largest absolute Gasteiger partial charge is 0.477 e. The Labute approximate surface area is 185 Å². The Hall–Kier alpha value is -3.06. The molecule has 13 heteroatoms. The standard InChI is InChI=1S/C19H33N5O8/c1-3-4-5-6-7-22-19(30)32-15(12(27)9-25)16-14(23-10(2)26)11(24-18(20)21)8-13(31-16)17(28)29/h8,11-12,14-16,25,27H,3-7,9H2,1-2H3,(H,22,30)(H,23,26)(H,28,29)(H4,20,21,24)/t11?,12-,14+,15+,16?/m0/s1. The SMILES string of the molecule is CCCCCCNC(=O)O[C@@H](C1OC(C(=O)O)=CC(N=C(N)N)[C@H]1NC(C)=O)[C@@H](O)CO. The fourth-order valence-electron chi connectivity index (χ4n) is 3.17. The van der Waals surface area contributed by atoms with Crippen LogP contribution in [0.1, 0.15) is 39.5 Å². The molecule has 0 aromatic heterocycles. The van der Waals surface area contributed by atoms with E-state index >= 15 is 0 Å². The summed E-state index contributed by atoms with van der Waals surface area (Å²) in [6.07, 6.45) is -0.837. The summed E-state index contributed by atoms with van der Waals surface area (Å²) in [4.78, 5) is 39.5. The fraction of sp³-hybridized carbons (Fsp3) is 0.684. The molecule has 2 amide bonds. The van der Waals surface area contributed by atoms with Crippen LogP contribution in [0, 0.1) is 0 Å². The van der Waals surface area contributed by atoms with E-state index in [1.54, 1.807) is 0 Å². The van der Waals surface area contributed by atoms with Crippen molar-refractivity contribution in [1.82, 2.24) is 10.6 Å². The molecular weight excluding hydrogens is 426 g/mol. The zero-order valence-electron chi connectivity index (χ0n) is 18.2. The van der Waals surface area contributed by atoms with E-state index in [0.717, 1.165) is 25.3 Å². The summed E-state index contributed by atoms with van der Waals surface area (Å²) in [6, 6.07) is -2.23. The number of unbranched alkanes of at least 4 members (excludes halogenated alkanes) is 3. The van der Waals surface area contributed by atoms with Gasteiger partial charge in [-0.25, -0.2) is 14.6 Å². The number of carbonyl (C=O) groups is 3. The van der Waals surface area contributed by atoms with Crippen molar-refractivity contribution in [2.75, 3.05) is 13.2 Å². The van der Waals surface area contributed by atoms with Crippen LogP contribution in [-0.4, -0.2) is 82.8 Å². The number of nitrogens with one attached hydrogen (secondary N) is 2. The third-order valence-electron chi connectivity index (χ3n) is 4.62. The number of ether oxygens (including phenoxy) is 2. The van der Waals surface area contributed by atoms with Gasteiger partial charge >= 0.3 is 12.1 Å². The van der Waals surface area contributed by atoms with E-state index in [9.17, 15) is 29.7 Å². The Morgan fingerprint density at radius 3 is 2.50 bits per heavy atom. The minimum Gasteiger partial charge on any atom is -0.477 e. The summed E-state index contributed by atoms with van der Waals surface area (Å²) in [5, 5.41) is 34.2. The minimum atomic E-state index is -1.66. The highest BCUT2D eigenvalue weighted by Crippen LogP contribution is 2.26. The van der Waals surface area contributed by atoms with Crippen LogP contribution >= 0.6 is 0 Å². The van der Waals surface area contributed by atoms with Gasteiger partial charge in [-0.15, -0.1) is 0 Å². The van der Waals surface area contributed by atoms with Gasteiger partial charge in [0.25, 0.3) is 0 Å². The molecule has 1 heterocycles. The van der Waals surface area contributed by atoms with Crippen LogP contribution in [-0.2, 0) is 19.1 Å². The Bertz CT molecular complexity index is 710. The second-order valence-electron chi connectivity index (χ2n) is 7.30. The fourth-order valence-corrected chi connectivity index (χ4v) is 3.17. The van der Waals surface area contributed by atoms with Crippen molar-refractivity contribution < 1.29 is 39.2 Å². The number of aliphatic carboxylic acids is 1. The van der Waals surface area contributed by atoms with Gasteiger partial charge in [-0.3, -0.25) is 4.79 Å². The molecule has 1 aliphatic heterocycles. The second kappa shape index (κ2) is 13.4. The number of amides is 2. The van der Waals surface area contributed by atoms with Gasteiger partial charge in [0.05, 0.1) is 18.7 Å². The van der Waals surface area contributed by atoms with E-state index in [2.05, 4.69) is 15.6 Å². The number of nitrogens with two attached hydrogens (primary N) is 2. The van der Waals surface area contributed by atoms with Gasteiger partial charge in [-0.2, -0.15) is 0 Å². The van der Waals surface area contributed by atoms with Gasteiger partial charge < -0.3 is 46.9 Å². The average molecular weight is 460 g/mol. The first-order chi connectivity index (χ1) is 15.1. The lowest BCUT2D eigenvalue weighted by molar-refractivity contribution is -0.146. The number of carbonyl (C=O) groups excluding carboxylic acids is 2. The average Bonchev–Trinajstić information content (AvgIpc) is 2.71. The topological polar surface area (TPSA) is 219 Å². The first kappa shape index (κ1) is 27.0. The molecule has 0 saturated carbocycles. The molecule has 9 N–H and O–H groups in total. The molecule has 0 aromatic rings. The summed E-state index contributed by atoms with van der Waals surface area (Å²) < 4.78 is 10.7. The van der Waals surface area contributed by atoms with Crippen LogP contribution < -0.4 is 22.1 Å². The van der Waals surface area contributed by atoms with Crippen molar-refractivity contribution in [3.63, 3.8) is 0 Å². The van der Waals surface area contributed by atoms with Crippen LogP contribution in [0.15, 0.2) is 16.8 Å². The summed E-state index contributed by atoms with van der Waals surface area (Å²) in [5.41, 5.74) is 10.9. The predicted molar refractivity (Wildman–Crippen MR) is 113 cm³/mol. The smallest absolute Gasteiger partial charge is 0.407 e. The van der Waals surface area contributed by atoms with Crippen molar-refractivity contribution in [3.05, 3.63) is 11.8 Å². The molecule has 0 fully saturated rings. The number of guanidine groups is 1. The first-order valence-electron chi connectivity index (χ1n) is 10.3. The number of carboxylic acid groups (broad SMARTS) is 1. The van der Waals surface area contributed by atoms with Gasteiger partial charge in [0.2, 0.25) is 11.7 Å². The maximum atomic E-state index is 12.3.